The number of nitrogens with zero attached hydrogens (tertiary/aromatic N) is 3. The normalized spacial score (nSPS) is 12.5. The summed E-state index contributed by atoms with van der Waals surface area (Å²) in [5.41, 5.74) is 0.875. The Labute approximate surface area is 181 Å². The summed E-state index contributed by atoms with van der Waals surface area (Å²) in [7, 11) is -2.47. The molecular formula is C21H25FN4O4S. The van der Waals surface area contributed by atoms with Gasteiger partial charge in [0.2, 0.25) is 10.0 Å². The highest BCUT2D eigenvalue weighted by molar-refractivity contribution is 7.89. The lowest BCUT2D eigenvalue weighted by Gasteiger charge is -2.17. The summed E-state index contributed by atoms with van der Waals surface area (Å²) in [5.74, 6) is 0.656. The molecule has 0 aliphatic rings. The Hall–Kier alpha value is -2.98. The van der Waals surface area contributed by atoms with Gasteiger partial charge < -0.3 is 9.47 Å². The molecular weight excluding hydrogens is 423 g/mol. The van der Waals surface area contributed by atoms with E-state index in [1.54, 1.807) is 23.6 Å². The zero-order valence-corrected chi connectivity index (χ0v) is 18.6. The van der Waals surface area contributed by atoms with Crippen LogP contribution in [0.3, 0.4) is 0 Å². The molecule has 3 rings (SSSR count). The molecule has 2 aromatic carbocycles. The predicted molar refractivity (Wildman–Crippen MR) is 113 cm³/mol. The van der Waals surface area contributed by atoms with E-state index in [-0.39, 0.29) is 22.5 Å². The lowest BCUT2D eigenvalue weighted by molar-refractivity contribution is 0.401. The topological polar surface area (TPSA) is 95.3 Å². The van der Waals surface area contributed by atoms with E-state index in [0.717, 1.165) is 5.56 Å². The van der Waals surface area contributed by atoms with Crippen LogP contribution in [0, 0.1) is 5.82 Å². The van der Waals surface area contributed by atoms with Crippen molar-refractivity contribution in [3.05, 3.63) is 59.7 Å². The van der Waals surface area contributed by atoms with Gasteiger partial charge in [0, 0.05) is 6.54 Å². The Morgan fingerprint density at radius 2 is 1.84 bits per heavy atom. The Morgan fingerprint density at radius 3 is 2.45 bits per heavy atom. The number of aryl methyl sites for hydroxylation is 1. The van der Waals surface area contributed by atoms with Gasteiger partial charge >= 0.3 is 6.01 Å². The van der Waals surface area contributed by atoms with Crippen molar-refractivity contribution in [1.29, 1.82) is 0 Å². The summed E-state index contributed by atoms with van der Waals surface area (Å²) < 4.78 is 54.5. The minimum atomic E-state index is -3.90. The van der Waals surface area contributed by atoms with Gasteiger partial charge in [-0.3, -0.25) is 4.57 Å². The maximum Gasteiger partial charge on any atom is 0.322 e. The van der Waals surface area contributed by atoms with Crippen LogP contribution in [0.25, 0.3) is 0 Å². The molecule has 0 saturated carbocycles. The lowest BCUT2D eigenvalue weighted by atomic mass is 10.2. The third kappa shape index (κ3) is 5.02. The number of hydrogen-bond donors (Lipinski definition) is 1. The van der Waals surface area contributed by atoms with Crippen LogP contribution in [0.4, 0.5) is 4.39 Å². The highest BCUT2D eigenvalue weighted by atomic mass is 32.2. The van der Waals surface area contributed by atoms with E-state index in [0.29, 0.717) is 24.5 Å². The van der Waals surface area contributed by atoms with Gasteiger partial charge in [0.15, 0.2) is 5.82 Å². The number of hydrogen-bond acceptors (Lipinski definition) is 6. The van der Waals surface area contributed by atoms with E-state index >= 15 is 0 Å². The largest absolute Gasteiger partial charge is 0.495 e. The molecule has 8 nitrogen and oxygen atoms in total. The third-order valence-electron chi connectivity index (χ3n) is 4.73. The second-order valence-corrected chi connectivity index (χ2v) is 8.51. The molecule has 1 aromatic heterocycles. The molecule has 1 heterocycles. The fourth-order valence-electron chi connectivity index (χ4n) is 3.10. The predicted octanol–water partition coefficient (Wildman–Crippen LogP) is 3.84. The zero-order chi connectivity index (χ0) is 22.6. The van der Waals surface area contributed by atoms with E-state index < -0.39 is 16.1 Å². The number of benzene rings is 2. The van der Waals surface area contributed by atoms with Crippen molar-refractivity contribution < 1.29 is 22.3 Å². The maximum atomic E-state index is 13.1. The van der Waals surface area contributed by atoms with Gasteiger partial charge in [-0.15, -0.1) is 5.10 Å². The number of halogens is 1. The number of aromatic nitrogens is 3. The van der Waals surface area contributed by atoms with Crippen LogP contribution >= 0.6 is 0 Å². The number of ether oxygens (including phenoxy) is 2. The van der Waals surface area contributed by atoms with Gasteiger partial charge in [0.05, 0.1) is 13.2 Å². The van der Waals surface area contributed by atoms with Crippen molar-refractivity contribution in [3.8, 4) is 17.5 Å². The number of sulfonamides is 1. The first kappa shape index (κ1) is 22.7. The highest BCUT2D eigenvalue weighted by Gasteiger charge is 2.26. The second kappa shape index (κ2) is 9.44. The number of nitrogens with one attached hydrogen (secondary N) is 1. The molecule has 0 radical (unpaired) electrons. The van der Waals surface area contributed by atoms with Gasteiger partial charge in [0.1, 0.15) is 22.2 Å². The third-order valence-corrected chi connectivity index (χ3v) is 6.29. The molecule has 0 saturated heterocycles. The first-order chi connectivity index (χ1) is 14.8. The molecule has 0 fully saturated rings. The molecule has 0 spiro atoms. The fourth-order valence-corrected chi connectivity index (χ4v) is 4.52. The molecule has 10 heteroatoms. The van der Waals surface area contributed by atoms with Crippen molar-refractivity contribution in [1.82, 2.24) is 19.5 Å². The summed E-state index contributed by atoms with van der Waals surface area (Å²) in [6, 6.07) is 10.1. The van der Waals surface area contributed by atoms with Crippen LogP contribution in [-0.2, 0) is 23.0 Å². The van der Waals surface area contributed by atoms with E-state index in [4.69, 9.17) is 9.47 Å². The van der Waals surface area contributed by atoms with E-state index in [9.17, 15) is 12.8 Å². The molecule has 1 atom stereocenters. The van der Waals surface area contributed by atoms with Crippen LogP contribution in [0.1, 0.15) is 38.2 Å². The molecule has 0 aliphatic carbocycles. The first-order valence-corrected chi connectivity index (χ1v) is 11.3. The van der Waals surface area contributed by atoms with Crippen LogP contribution in [-0.4, -0.2) is 30.3 Å². The second-order valence-electron chi connectivity index (χ2n) is 6.82. The van der Waals surface area contributed by atoms with Gasteiger partial charge in [-0.05, 0) is 62.2 Å². The average molecular weight is 449 g/mol. The van der Waals surface area contributed by atoms with Crippen molar-refractivity contribution in [2.45, 2.75) is 44.7 Å². The van der Waals surface area contributed by atoms with Crippen molar-refractivity contribution in [2.24, 2.45) is 0 Å². The van der Waals surface area contributed by atoms with Gasteiger partial charge in [-0.1, -0.05) is 18.1 Å². The molecule has 0 unspecified atom stereocenters. The number of rotatable bonds is 9. The van der Waals surface area contributed by atoms with Crippen molar-refractivity contribution in [3.63, 3.8) is 0 Å². The van der Waals surface area contributed by atoms with Gasteiger partial charge in [0.25, 0.3) is 0 Å². The summed E-state index contributed by atoms with van der Waals surface area (Å²) in [4.78, 5) is 0.0616. The van der Waals surface area contributed by atoms with E-state index in [1.807, 2.05) is 19.9 Å². The number of methoxy groups -OCH3 is 1. The fraction of sp³-hybridized carbons (Fsp3) is 0.333. The van der Waals surface area contributed by atoms with E-state index in [2.05, 4.69) is 14.9 Å². The highest BCUT2D eigenvalue weighted by Crippen LogP contribution is 2.28. The molecule has 31 heavy (non-hydrogen) atoms. The van der Waals surface area contributed by atoms with Gasteiger partial charge in [-0.2, -0.15) is 0 Å². The summed E-state index contributed by atoms with van der Waals surface area (Å²) in [6.07, 6.45) is 0.691. The molecule has 0 bridgehead atoms. The zero-order valence-electron chi connectivity index (χ0n) is 17.8. The molecule has 166 valence electrons. The molecule has 0 aliphatic heterocycles. The van der Waals surface area contributed by atoms with Crippen molar-refractivity contribution >= 4 is 10.0 Å². The minimum Gasteiger partial charge on any atom is -0.495 e. The Balaban J connectivity index is 1.87. The van der Waals surface area contributed by atoms with Crippen LogP contribution in [0.5, 0.6) is 17.5 Å². The first-order valence-electron chi connectivity index (χ1n) is 9.84. The Kier molecular flexibility index (Phi) is 6.91. The summed E-state index contributed by atoms with van der Waals surface area (Å²) in [5, 5.41) is 8.14. The SMILES string of the molecule is CCc1ccc(OC)c(S(=O)(=O)N[C@H](C)c2nnc(Oc3ccc(F)cc3)n2CC)c1. The van der Waals surface area contributed by atoms with Crippen LogP contribution in [0.15, 0.2) is 47.4 Å². The quantitative estimate of drug-likeness (QED) is 0.534. The molecule has 3 aromatic rings. The van der Waals surface area contributed by atoms with Crippen LogP contribution < -0.4 is 14.2 Å². The maximum absolute atomic E-state index is 13.1. The Bertz CT molecular complexity index is 1150. The van der Waals surface area contributed by atoms with Crippen LogP contribution in [0.2, 0.25) is 0 Å². The van der Waals surface area contributed by atoms with Crippen molar-refractivity contribution in [2.75, 3.05) is 7.11 Å². The molecule has 0 amide bonds. The monoisotopic (exact) mass is 448 g/mol. The van der Waals surface area contributed by atoms with Gasteiger partial charge in [-0.25, -0.2) is 17.5 Å². The average Bonchev–Trinajstić information content (AvgIpc) is 3.17. The standard InChI is InChI=1S/C21H25FN4O4S/c1-5-15-7-12-18(29-4)19(13-15)31(27,28)25-14(3)20-23-24-21(26(20)6-2)30-17-10-8-16(22)9-11-17/h7-14,25H,5-6H2,1-4H3/t14-/m1/s1. The summed E-state index contributed by atoms with van der Waals surface area (Å²) in [6.45, 7) is 5.92. The minimum absolute atomic E-state index is 0.0616. The molecule has 1 N–H and O–H groups in total. The summed E-state index contributed by atoms with van der Waals surface area (Å²) >= 11 is 0. The van der Waals surface area contributed by atoms with E-state index in [1.165, 1.54) is 31.4 Å². The smallest absolute Gasteiger partial charge is 0.322 e. The Morgan fingerprint density at radius 1 is 1.13 bits per heavy atom. The lowest BCUT2D eigenvalue weighted by Crippen LogP contribution is -2.29.